The second kappa shape index (κ2) is 4.51. The summed E-state index contributed by atoms with van der Waals surface area (Å²) < 4.78 is 24.6. The molecule has 0 aromatic rings. The number of hydrogen-bond donors (Lipinski definition) is 0. The molecule has 0 aromatic heterocycles. The lowest BCUT2D eigenvalue weighted by atomic mass is 9.84. The van der Waals surface area contributed by atoms with Crippen LogP contribution in [0, 0.1) is 5.92 Å². The van der Waals surface area contributed by atoms with Crippen molar-refractivity contribution in [2.45, 2.75) is 19.3 Å². The first kappa shape index (κ1) is 11.8. The van der Waals surface area contributed by atoms with Crippen molar-refractivity contribution in [3.63, 3.8) is 0 Å². The Hall–Kier alpha value is -1.26. The second-order valence-electron chi connectivity index (χ2n) is 3.86. The van der Waals surface area contributed by atoms with Gasteiger partial charge >= 0.3 is 0 Å². The molecule has 84 valence electrons. The van der Waals surface area contributed by atoms with Gasteiger partial charge in [-0.05, 0) is 0 Å². The highest BCUT2D eigenvalue weighted by atomic mass is 19.3. The second-order valence-corrected chi connectivity index (χ2v) is 3.86. The highest BCUT2D eigenvalue weighted by molar-refractivity contribution is 6.21. The van der Waals surface area contributed by atoms with E-state index in [0.717, 1.165) is 0 Å². The molecule has 0 amide bonds. The standard InChI is InChI=1S/C10H13F2NO2/c1-13(2)5-7-8(14)3-6(10(11)12)4-9(7)15/h5-6,10H,3-4H2,1-2H3. The molecule has 0 bridgehead atoms. The predicted octanol–water partition coefficient (Wildman–Crippen LogP) is 1.25. The van der Waals surface area contributed by atoms with E-state index in [1.165, 1.54) is 6.20 Å². The maximum atomic E-state index is 12.3. The lowest BCUT2D eigenvalue weighted by Crippen LogP contribution is -2.30. The van der Waals surface area contributed by atoms with Crippen molar-refractivity contribution in [1.82, 2.24) is 4.90 Å². The summed E-state index contributed by atoms with van der Waals surface area (Å²) in [5, 5.41) is 0. The minimum Gasteiger partial charge on any atom is -0.383 e. The number of rotatable bonds is 2. The van der Waals surface area contributed by atoms with E-state index in [2.05, 4.69) is 0 Å². The molecule has 0 aromatic carbocycles. The van der Waals surface area contributed by atoms with E-state index >= 15 is 0 Å². The maximum Gasteiger partial charge on any atom is 0.242 e. The summed E-state index contributed by atoms with van der Waals surface area (Å²) in [5.74, 6) is -2.07. The van der Waals surface area contributed by atoms with Gasteiger partial charge in [0.05, 0.1) is 5.57 Å². The fourth-order valence-electron chi connectivity index (χ4n) is 1.50. The summed E-state index contributed by atoms with van der Waals surface area (Å²) in [6.07, 6.45) is -1.67. The molecule has 3 nitrogen and oxygen atoms in total. The summed E-state index contributed by atoms with van der Waals surface area (Å²) in [4.78, 5) is 24.4. The number of carbonyl (C=O) groups is 2. The molecule has 0 atom stereocenters. The van der Waals surface area contributed by atoms with Gasteiger partial charge in [-0.1, -0.05) is 0 Å². The maximum absolute atomic E-state index is 12.3. The molecule has 1 aliphatic carbocycles. The van der Waals surface area contributed by atoms with Crippen LogP contribution in [0.2, 0.25) is 0 Å². The first-order valence-corrected chi connectivity index (χ1v) is 4.64. The Morgan fingerprint density at radius 3 is 2.07 bits per heavy atom. The number of halogens is 2. The minimum atomic E-state index is -2.60. The molecule has 0 aliphatic heterocycles. The van der Waals surface area contributed by atoms with Crippen LogP contribution in [0.15, 0.2) is 11.8 Å². The Bertz CT molecular complexity index is 291. The number of Topliss-reactive ketones (excluding diaryl/α,β-unsaturated/α-hetero) is 2. The van der Waals surface area contributed by atoms with Gasteiger partial charge in [-0.2, -0.15) is 0 Å². The van der Waals surface area contributed by atoms with E-state index < -0.39 is 23.9 Å². The molecule has 0 heterocycles. The largest absolute Gasteiger partial charge is 0.383 e. The predicted molar refractivity (Wildman–Crippen MR) is 50.5 cm³/mol. The van der Waals surface area contributed by atoms with E-state index in [9.17, 15) is 18.4 Å². The summed E-state index contributed by atoms with van der Waals surface area (Å²) in [6, 6.07) is 0. The minimum absolute atomic E-state index is 0.0388. The van der Waals surface area contributed by atoms with Gasteiger partial charge in [0, 0.05) is 39.1 Å². The van der Waals surface area contributed by atoms with Crippen LogP contribution in [0.4, 0.5) is 8.78 Å². The topological polar surface area (TPSA) is 37.4 Å². The Morgan fingerprint density at radius 2 is 1.73 bits per heavy atom. The number of alkyl halides is 2. The summed E-state index contributed by atoms with van der Waals surface area (Å²) in [6.45, 7) is 0. The van der Waals surface area contributed by atoms with Crippen LogP contribution in [0.1, 0.15) is 12.8 Å². The van der Waals surface area contributed by atoms with Crippen molar-refractivity contribution >= 4 is 11.6 Å². The lowest BCUT2D eigenvalue weighted by Gasteiger charge is -2.21. The van der Waals surface area contributed by atoms with E-state index in [1.54, 1.807) is 19.0 Å². The number of nitrogens with zero attached hydrogens (tertiary/aromatic N) is 1. The van der Waals surface area contributed by atoms with Gasteiger partial charge in [-0.25, -0.2) is 8.78 Å². The van der Waals surface area contributed by atoms with Crippen LogP contribution in [0.25, 0.3) is 0 Å². The Labute approximate surface area is 86.7 Å². The number of hydrogen-bond acceptors (Lipinski definition) is 3. The molecule has 1 saturated carbocycles. The monoisotopic (exact) mass is 217 g/mol. The van der Waals surface area contributed by atoms with Crippen LogP contribution in [-0.4, -0.2) is 37.0 Å². The summed E-state index contributed by atoms with van der Waals surface area (Å²) in [5.41, 5.74) is 0.0388. The third-order valence-electron chi connectivity index (χ3n) is 2.24. The zero-order chi connectivity index (χ0) is 11.6. The van der Waals surface area contributed by atoms with Crippen LogP contribution in [0.5, 0.6) is 0 Å². The molecule has 1 aliphatic rings. The van der Waals surface area contributed by atoms with E-state index in [0.29, 0.717) is 0 Å². The fraction of sp³-hybridized carbons (Fsp3) is 0.600. The normalized spacial score (nSPS) is 22.2. The smallest absolute Gasteiger partial charge is 0.242 e. The van der Waals surface area contributed by atoms with Crippen molar-refractivity contribution in [3.8, 4) is 0 Å². The van der Waals surface area contributed by atoms with Crippen molar-refractivity contribution in [1.29, 1.82) is 0 Å². The molecule has 0 radical (unpaired) electrons. The summed E-state index contributed by atoms with van der Waals surface area (Å²) >= 11 is 0. The third kappa shape index (κ3) is 2.84. The van der Waals surface area contributed by atoms with Crippen molar-refractivity contribution < 1.29 is 18.4 Å². The molecular formula is C10H13F2NO2. The van der Waals surface area contributed by atoms with E-state index in [4.69, 9.17) is 0 Å². The van der Waals surface area contributed by atoms with Crippen molar-refractivity contribution in [2.24, 2.45) is 5.92 Å². The summed E-state index contributed by atoms with van der Waals surface area (Å²) in [7, 11) is 3.35. The quantitative estimate of drug-likeness (QED) is 0.516. The average Bonchev–Trinajstić information content (AvgIpc) is 2.10. The molecule has 5 heteroatoms. The Kier molecular flexibility index (Phi) is 3.55. The van der Waals surface area contributed by atoms with Crippen LogP contribution >= 0.6 is 0 Å². The first-order chi connectivity index (χ1) is 6.91. The van der Waals surface area contributed by atoms with Gasteiger partial charge in [-0.3, -0.25) is 9.59 Å². The molecule has 0 spiro atoms. The third-order valence-corrected chi connectivity index (χ3v) is 2.24. The molecular weight excluding hydrogens is 204 g/mol. The van der Waals surface area contributed by atoms with E-state index in [-0.39, 0.29) is 18.4 Å². The van der Waals surface area contributed by atoms with Crippen molar-refractivity contribution in [3.05, 3.63) is 11.8 Å². The Morgan fingerprint density at radius 1 is 1.27 bits per heavy atom. The number of ketones is 2. The Balaban J connectivity index is 2.83. The zero-order valence-electron chi connectivity index (χ0n) is 8.67. The number of carbonyl (C=O) groups excluding carboxylic acids is 2. The molecule has 1 rings (SSSR count). The van der Waals surface area contributed by atoms with Crippen LogP contribution in [0.3, 0.4) is 0 Å². The highest BCUT2D eigenvalue weighted by Gasteiger charge is 2.35. The van der Waals surface area contributed by atoms with E-state index in [1.807, 2.05) is 0 Å². The number of allylic oxidation sites excluding steroid dienone is 1. The van der Waals surface area contributed by atoms with Gasteiger partial charge in [0.15, 0.2) is 11.6 Å². The average molecular weight is 217 g/mol. The van der Waals surface area contributed by atoms with Gasteiger partial charge < -0.3 is 4.90 Å². The SMILES string of the molecule is CN(C)C=C1C(=O)CC(C(F)F)CC1=O. The van der Waals surface area contributed by atoms with Crippen LogP contribution in [-0.2, 0) is 9.59 Å². The highest BCUT2D eigenvalue weighted by Crippen LogP contribution is 2.27. The van der Waals surface area contributed by atoms with Crippen LogP contribution < -0.4 is 0 Å². The van der Waals surface area contributed by atoms with Crippen molar-refractivity contribution in [2.75, 3.05) is 14.1 Å². The van der Waals surface area contributed by atoms with Gasteiger partial charge in [0.1, 0.15) is 0 Å². The van der Waals surface area contributed by atoms with Gasteiger partial charge in [0.2, 0.25) is 6.43 Å². The lowest BCUT2D eigenvalue weighted by molar-refractivity contribution is -0.128. The molecule has 0 unspecified atom stereocenters. The zero-order valence-corrected chi connectivity index (χ0v) is 8.67. The first-order valence-electron chi connectivity index (χ1n) is 4.64. The van der Waals surface area contributed by atoms with Gasteiger partial charge in [0.25, 0.3) is 0 Å². The molecule has 15 heavy (non-hydrogen) atoms. The van der Waals surface area contributed by atoms with Gasteiger partial charge in [-0.15, -0.1) is 0 Å². The molecule has 0 N–H and O–H groups in total. The molecule has 0 saturated heterocycles. The molecule has 1 fully saturated rings. The fourth-order valence-corrected chi connectivity index (χ4v) is 1.50.